The molecule has 4 rings (SSSR count). The van der Waals surface area contributed by atoms with Crippen LogP contribution in [0.2, 0.25) is 0 Å². The van der Waals surface area contributed by atoms with Crippen LogP contribution in [0, 0.1) is 19.7 Å². The van der Waals surface area contributed by atoms with Crippen LogP contribution in [-0.4, -0.2) is 22.4 Å². The molecule has 34 heavy (non-hydrogen) atoms. The van der Waals surface area contributed by atoms with Crippen LogP contribution in [0.3, 0.4) is 0 Å². The third kappa shape index (κ3) is 3.87. The van der Waals surface area contributed by atoms with Gasteiger partial charge in [0.1, 0.15) is 11.4 Å². The van der Waals surface area contributed by atoms with Gasteiger partial charge >= 0.3 is 12.2 Å². The highest BCUT2D eigenvalue weighted by atomic mass is 19.4. The standard InChI is InChI=1S/C24H17F4N3O3/c1-13-11-15(14(2)30(13)19-9-5-3-7-17(19)24(26,27)28)12-16-21(32)29-23(34)31(22(16)33)20-10-6-4-8-18(20)25/h3-12H,1-2H3,(H,29,32,34)/b16-12+. The quantitative estimate of drug-likeness (QED) is 0.335. The van der Waals surface area contributed by atoms with E-state index < -0.39 is 41.0 Å². The van der Waals surface area contributed by atoms with Gasteiger partial charge in [0.25, 0.3) is 11.8 Å². The molecule has 0 atom stereocenters. The second-order valence-corrected chi connectivity index (χ2v) is 7.59. The average molecular weight is 471 g/mol. The van der Waals surface area contributed by atoms with Crippen molar-refractivity contribution in [3.05, 3.63) is 88.5 Å². The molecule has 1 aromatic heterocycles. The minimum atomic E-state index is -4.60. The van der Waals surface area contributed by atoms with E-state index >= 15 is 0 Å². The largest absolute Gasteiger partial charge is 0.418 e. The number of anilines is 1. The number of aromatic nitrogens is 1. The molecule has 0 radical (unpaired) electrons. The van der Waals surface area contributed by atoms with Crippen LogP contribution >= 0.6 is 0 Å². The summed E-state index contributed by atoms with van der Waals surface area (Å²) < 4.78 is 56.3. The Hall–Kier alpha value is -4.21. The van der Waals surface area contributed by atoms with Crippen LogP contribution < -0.4 is 10.2 Å². The van der Waals surface area contributed by atoms with Gasteiger partial charge in [-0.1, -0.05) is 24.3 Å². The van der Waals surface area contributed by atoms with Gasteiger partial charge in [0, 0.05) is 11.4 Å². The van der Waals surface area contributed by atoms with E-state index in [1.807, 2.05) is 5.32 Å². The summed E-state index contributed by atoms with van der Waals surface area (Å²) in [6.07, 6.45) is -3.43. The molecule has 0 unspecified atom stereocenters. The molecule has 1 aliphatic heterocycles. The van der Waals surface area contributed by atoms with E-state index in [0.717, 1.165) is 12.1 Å². The average Bonchev–Trinajstić information content (AvgIpc) is 3.04. The van der Waals surface area contributed by atoms with Gasteiger partial charge in [0.15, 0.2) is 0 Å². The summed E-state index contributed by atoms with van der Waals surface area (Å²) in [5, 5.41) is 1.99. The van der Waals surface area contributed by atoms with Gasteiger partial charge in [0.2, 0.25) is 0 Å². The maximum atomic E-state index is 14.2. The first-order valence-corrected chi connectivity index (χ1v) is 10.0. The minimum Gasteiger partial charge on any atom is -0.317 e. The third-order valence-electron chi connectivity index (χ3n) is 5.42. The Morgan fingerprint density at radius 2 is 1.53 bits per heavy atom. The molecule has 1 aliphatic rings. The number of imide groups is 2. The maximum Gasteiger partial charge on any atom is 0.418 e. The van der Waals surface area contributed by atoms with Crippen molar-refractivity contribution in [2.75, 3.05) is 4.90 Å². The molecule has 1 saturated heterocycles. The zero-order valence-electron chi connectivity index (χ0n) is 17.9. The Morgan fingerprint density at radius 1 is 0.912 bits per heavy atom. The second-order valence-electron chi connectivity index (χ2n) is 7.59. The number of rotatable bonds is 3. The van der Waals surface area contributed by atoms with Crippen LogP contribution in [-0.2, 0) is 15.8 Å². The van der Waals surface area contributed by atoms with Crippen LogP contribution in [0.5, 0.6) is 0 Å². The number of aryl methyl sites for hydroxylation is 1. The third-order valence-corrected chi connectivity index (χ3v) is 5.42. The van der Waals surface area contributed by atoms with E-state index in [1.165, 1.54) is 60.0 Å². The van der Waals surface area contributed by atoms with Crippen molar-refractivity contribution >= 4 is 29.6 Å². The second kappa shape index (κ2) is 8.29. The van der Waals surface area contributed by atoms with Gasteiger partial charge in [-0.3, -0.25) is 14.9 Å². The first-order valence-electron chi connectivity index (χ1n) is 10.0. The minimum absolute atomic E-state index is 0.114. The lowest BCUT2D eigenvalue weighted by atomic mass is 10.1. The highest BCUT2D eigenvalue weighted by molar-refractivity contribution is 6.39. The summed E-state index contributed by atoms with van der Waals surface area (Å²) in [4.78, 5) is 38.2. The number of nitrogens with one attached hydrogen (secondary N) is 1. The van der Waals surface area contributed by atoms with E-state index in [-0.39, 0.29) is 16.9 Å². The van der Waals surface area contributed by atoms with Crippen molar-refractivity contribution in [2.24, 2.45) is 0 Å². The molecule has 1 N–H and O–H groups in total. The number of urea groups is 1. The summed E-state index contributed by atoms with van der Waals surface area (Å²) >= 11 is 0. The lowest BCUT2D eigenvalue weighted by Gasteiger charge is -2.26. The Morgan fingerprint density at radius 3 is 2.18 bits per heavy atom. The smallest absolute Gasteiger partial charge is 0.317 e. The highest BCUT2D eigenvalue weighted by Gasteiger charge is 2.38. The molecular weight excluding hydrogens is 454 g/mol. The summed E-state index contributed by atoms with van der Waals surface area (Å²) in [7, 11) is 0. The van der Waals surface area contributed by atoms with Gasteiger partial charge < -0.3 is 4.57 Å². The zero-order chi connectivity index (χ0) is 24.8. The van der Waals surface area contributed by atoms with Crippen molar-refractivity contribution in [3.8, 4) is 5.69 Å². The number of amides is 4. The first kappa shape index (κ1) is 23.0. The van der Waals surface area contributed by atoms with Gasteiger partial charge in [-0.25, -0.2) is 14.1 Å². The van der Waals surface area contributed by atoms with Crippen molar-refractivity contribution < 1.29 is 31.9 Å². The molecule has 0 spiro atoms. The predicted octanol–water partition coefficient (Wildman–Crippen LogP) is 4.92. The van der Waals surface area contributed by atoms with Crippen molar-refractivity contribution in [2.45, 2.75) is 20.0 Å². The molecule has 0 bridgehead atoms. The van der Waals surface area contributed by atoms with E-state index in [4.69, 9.17) is 0 Å². The molecule has 1 fully saturated rings. The lowest BCUT2D eigenvalue weighted by Crippen LogP contribution is -2.54. The summed E-state index contributed by atoms with van der Waals surface area (Å²) in [5.41, 5.74) is -0.726. The topological polar surface area (TPSA) is 71.4 Å². The van der Waals surface area contributed by atoms with Crippen molar-refractivity contribution in [3.63, 3.8) is 0 Å². The van der Waals surface area contributed by atoms with Crippen molar-refractivity contribution in [1.29, 1.82) is 0 Å². The number of hydrogen-bond donors (Lipinski definition) is 1. The number of carbonyl (C=O) groups excluding carboxylic acids is 3. The number of hydrogen-bond acceptors (Lipinski definition) is 3. The van der Waals surface area contributed by atoms with Crippen LogP contribution in [0.25, 0.3) is 11.8 Å². The molecule has 174 valence electrons. The van der Waals surface area contributed by atoms with Crippen LogP contribution in [0.4, 0.5) is 28.0 Å². The Balaban J connectivity index is 1.82. The molecular formula is C24H17F4N3O3. The van der Waals surface area contributed by atoms with Gasteiger partial charge in [-0.15, -0.1) is 0 Å². The Kier molecular flexibility index (Phi) is 5.60. The van der Waals surface area contributed by atoms with Crippen molar-refractivity contribution in [1.82, 2.24) is 9.88 Å². The normalized spacial score (nSPS) is 15.8. The first-order chi connectivity index (χ1) is 16.0. The van der Waals surface area contributed by atoms with E-state index in [0.29, 0.717) is 16.3 Å². The van der Waals surface area contributed by atoms with Crippen LogP contribution in [0.1, 0.15) is 22.5 Å². The number of halogens is 4. The number of carbonyl (C=O) groups is 3. The molecule has 4 amide bonds. The Labute approximate surface area is 191 Å². The number of benzene rings is 2. The fraction of sp³-hybridized carbons (Fsp3) is 0.125. The maximum absolute atomic E-state index is 14.2. The fourth-order valence-corrected chi connectivity index (χ4v) is 3.88. The lowest BCUT2D eigenvalue weighted by molar-refractivity contribution is -0.137. The molecule has 2 aromatic carbocycles. The van der Waals surface area contributed by atoms with Gasteiger partial charge in [-0.2, -0.15) is 13.2 Å². The zero-order valence-corrected chi connectivity index (χ0v) is 17.9. The summed E-state index contributed by atoms with van der Waals surface area (Å²) in [6, 6.07) is 10.5. The van der Waals surface area contributed by atoms with Gasteiger partial charge in [-0.05, 0) is 55.8 Å². The van der Waals surface area contributed by atoms with E-state index in [2.05, 4.69) is 0 Å². The number of para-hydroxylation sites is 2. The number of nitrogens with zero attached hydrogens (tertiary/aromatic N) is 2. The Bertz CT molecular complexity index is 1370. The molecule has 2 heterocycles. The summed E-state index contributed by atoms with van der Waals surface area (Å²) in [5.74, 6) is -2.90. The summed E-state index contributed by atoms with van der Waals surface area (Å²) in [6.45, 7) is 3.12. The number of barbiturate groups is 1. The van der Waals surface area contributed by atoms with Gasteiger partial charge in [0.05, 0.1) is 16.9 Å². The molecule has 0 aliphatic carbocycles. The van der Waals surface area contributed by atoms with Crippen LogP contribution in [0.15, 0.2) is 60.2 Å². The number of alkyl halides is 3. The van der Waals surface area contributed by atoms with E-state index in [9.17, 15) is 31.9 Å². The monoisotopic (exact) mass is 471 g/mol. The fourth-order valence-electron chi connectivity index (χ4n) is 3.88. The molecule has 0 saturated carbocycles. The SMILES string of the molecule is Cc1cc(/C=C2\C(=O)NC(=O)N(c3ccccc3F)C2=O)c(C)n1-c1ccccc1C(F)(F)F. The van der Waals surface area contributed by atoms with E-state index in [1.54, 1.807) is 6.92 Å². The molecule has 6 nitrogen and oxygen atoms in total. The molecule has 10 heteroatoms. The molecule has 3 aromatic rings. The predicted molar refractivity (Wildman–Crippen MR) is 116 cm³/mol. The highest BCUT2D eigenvalue weighted by Crippen LogP contribution is 2.36.